The van der Waals surface area contributed by atoms with E-state index in [-0.39, 0.29) is 0 Å². The number of hydrogen-bond donors (Lipinski definition) is 4. The maximum absolute atomic E-state index is 4.85. The first kappa shape index (κ1) is 17.3. The van der Waals surface area contributed by atoms with Crippen LogP contribution in [0.5, 0.6) is 0 Å². The van der Waals surface area contributed by atoms with Crippen molar-refractivity contribution < 1.29 is 0 Å². The van der Waals surface area contributed by atoms with Crippen molar-refractivity contribution in [1.82, 2.24) is 31.1 Å². The van der Waals surface area contributed by atoms with Gasteiger partial charge in [-0.25, -0.2) is 9.97 Å². The quantitative estimate of drug-likeness (QED) is 0.648. The van der Waals surface area contributed by atoms with E-state index in [0.717, 1.165) is 55.4 Å². The fraction of sp³-hybridized carbons (Fsp3) is 0.526. The fourth-order valence-corrected chi connectivity index (χ4v) is 3.90. The van der Waals surface area contributed by atoms with Gasteiger partial charge < -0.3 is 10.6 Å². The van der Waals surface area contributed by atoms with E-state index in [0.29, 0.717) is 18.0 Å². The van der Waals surface area contributed by atoms with Gasteiger partial charge in [-0.1, -0.05) is 0 Å². The molecule has 0 amide bonds. The van der Waals surface area contributed by atoms with Gasteiger partial charge in [0, 0.05) is 48.7 Å². The number of aromatic nitrogens is 3. The highest BCUT2D eigenvalue weighted by Gasteiger charge is 2.29. The van der Waals surface area contributed by atoms with Crippen LogP contribution in [0, 0.1) is 5.92 Å². The number of fused-ring (bicyclic) bond motifs is 1. The molecule has 26 heavy (non-hydrogen) atoms. The lowest BCUT2D eigenvalue weighted by molar-refractivity contribution is 0.423. The second kappa shape index (κ2) is 7.65. The summed E-state index contributed by atoms with van der Waals surface area (Å²) in [6.45, 7) is 7.16. The number of hydrogen-bond acceptors (Lipinski definition) is 7. The van der Waals surface area contributed by atoms with Crippen LogP contribution in [0.3, 0.4) is 0 Å². The van der Waals surface area contributed by atoms with E-state index in [1.165, 1.54) is 5.56 Å². The Kier molecular flexibility index (Phi) is 5.10. The van der Waals surface area contributed by atoms with Gasteiger partial charge in [0.15, 0.2) is 5.82 Å². The molecule has 0 saturated carbocycles. The van der Waals surface area contributed by atoms with Gasteiger partial charge in [-0.05, 0) is 51.3 Å². The van der Waals surface area contributed by atoms with Crippen molar-refractivity contribution in [2.45, 2.75) is 45.3 Å². The molecule has 0 spiro atoms. The maximum atomic E-state index is 4.85. The lowest BCUT2D eigenvalue weighted by Gasteiger charge is -2.22. The predicted molar refractivity (Wildman–Crippen MR) is 102 cm³/mol. The van der Waals surface area contributed by atoms with Crippen LogP contribution in [0.15, 0.2) is 24.5 Å². The topological polar surface area (TPSA) is 86.8 Å². The van der Waals surface area contributed by atoms with Crippen LogP contribution >= 0.6 is 0 Å². The van der Waals surface area contributed by atoms with Crippen LogP contribution in [0.4, 0.5) is 5.82 Å². The molecule has 0 aromatic carbocycles. The van der Waals surface area contributed by atoms with Crippen molar-refractivity contribution in [3.05, 3.63) is 35.8 Å². The summed E-state index contributed by atoms with van der Waals surface area (Å²) in [5.74, 6) is 2.37. The zero-order valence-electron chi connectivity index (χ0n) is 15.4. The number of pyridine rings is 1. The van der Waals surface area contributed by atoms with Gasteiger partial charge in [0.2, 0.25) is 0 Å². The fourth-order valence-electron chi connectivity index (χ4n) is 3.90. The van der Waals surface area contributed by atoms with Crippen molar-refractivity contribution in [2.24, 2.45) is 5.92 Å². The highest BCUT2D eigenvalue weighted by molar-refractivity contribution is 5.59. The minimum absolute atomic E-state index is 0.489. The number of anilines is 1. The van der Waals surface area contributed by atoms with Gasteiger partial charge >= 0.3 is 0 Å². The third-order valence-electron chi connectivity index (χ3n) is 5.47. The summed E-state index contributed by atoms with van der Waals surface area (Å²) < 4.78 is 0. The van der Waals surface area contributed by atoms with Crippen molar-refractivity contribution in [2.75, 3.05) is 18.4 Å². The molecule has 2 unspecified atom stereocenters. The number of hydrazine groups is 1. The van der Waals surface area contributed by atoms with Crippen LogP contribution in [-0.4, -0.2) is 40.1 Å². The molecule has 2 atom stereocenters. The molecule has 7 nitrogen and oxygen atoms in total. The zero-order chi connectivity index (χ0) is 17.9. The molecule has 0 radical (unpaired) electrons. The minimum atomic E-state index is 0.489. The maximum Gasteiger partial charge on any atom is 0.161 e. The smallest absolute Gasteiger partial charge is 0.161 e. The van der Waals surface area contributed by atoms with E-state index in [1.54, 1.807) is 12.4 Å². The van der Waals surface area contributed by atoms with E-state index in [2.05, 4.69) is 40.3 Å². The second-order valence-electron chi connectivity index (χ2n) is 7.23. The van der Waals surface area contributed by atoms with Crippen molar-refractivity contribution in [3.8, 4) is 11.4 Å². The van der Waals surface area contributed by atoms with Crippen LogP contribution in [0.2, 0.25) is 0 Å². The van der Waals surface area contributed by atoms with E-state index in [1.807, 2.05) is 12.1 Å². The lowest BCUT2D eigenvalue weighted by atomic mass is 9.93. The Morgan fingerprint density at radius 2 is 1.88 bits per heavy atom. The Morgan fingerprint density at radius 3 is 2.65 bits per heavy atom. The summed E-state index contributed by atoms with van der Waals surface area (Å²) in [5, 5.41) is 7.01. The van der Waals surface area contributed by atoms with Crippen molar-refractivity contribution in [1.29, 1.82) is 0 Å². The minimum Gasteiger partial charge on any atom is -0.370 e. The molecular weight excluding hydrogens is 326 g/mol. The van der Waals surface area contributed by atoms with Gasteiger partial charge in [-0.2, -0.15) is 0 Å². The summed E-state index contributed by atoms with van der Waals surface area (Å²) in [6, 6.07) is 4.90. The first-order valence-corrected chi connectivity index (χ1v) is 9.48. The van der Waals surface area contributed by atoms with E-state index >= 15 is 0 Å². The highest BCUT2D eigenvalue weighted by Crippen LogP contribution is 2.25. The van der Waals surface area contributed by atoms with Gasteiger partial charge in [-0.15, -0.1) is 0 Å². The Bertz CT molecular complexity index is 739. The first-order valence-electron chi connectivity index (χ1n) is 9.48. The molecule has 1 saturated heterocycles. The average molecular weight is 353 g/mol. The van der Waals surface area contributed by atoms with Crippen LogP contribution in [0.25, 0.3) is 11.4 Å². The monoisotopic (exact) mass is 353 g/mol. The van der Waals surface area contributed by atoms with Gasteiger partial charge in [-0.3, -0.25) is 15.8 Å². The third kappa shape index (κ3) is 3.56. The molecule has 0 aliphatic carbocycles. The Balaban J connectivity index is 1.54. The van der Waals surface area contributed by atoms with Gasteiger partial charge in [0.05, 0.1) is 5.69 Å². The summed E-state index contributed by atoms with van der Waals surface area (Å²) in [5.41, 5.74) is 10.0. The Morgan fingerprint density at radius 1 is 1.12 bits per heavy atom. The van der Waals surface area contributed by atoms with Gasteiger partial charge in [0.1, 0.15) is 5.82 Å². The van der Waals surface area contributed by atoms with Crippen molar-refractivity contribution >= 4 is 5.82 Å². The number of nitrogens with one attached hydrogen (secondary N) is 4. The molecule has 138 valence electrons. The molecule has 2 aliphatic rings. The molecular formula is C19H27N7. The molecule has 4 heterocycles. The molecule has 4 rings (SSSR count). The highest BCUT2D eigenvalue weighted by atomic mass is 15.4. The number of nitrogens with zero attached hydrogens (tertiary/aromatic N) is 3. The molecule has 7 heteroatoms. The van der Waals surface area contributed by atoms with Gasteiger partial charge in [0.25, 0.3) is 0 Å². The van der Waals surface area contributed by atoms with Crippen LogP contribution in [0.1, 0.15) is 31.5 Å². The summed E-state index contributed by atoms with van der Waals surface area (Å²) >= 11 is 0. The summed E-state index contributed by atoms with van der Waals surface area (Å²) in [6.07, 6.45) is 5.64. The normalized spacial score (nSPS) is 25.1. The van der Waals surface area contributed by atoms with Crippen molar-refractivity contribution in [3.63, 3.8) is 0 Å². The first-order chi connectivity index (χ1) is 12.7. The molecule has 2 aromatic rings. The molecule has 4 N–H and O–H groups in total. The molecule has 2 aliphatic heterocycles. The standard InChI is InChI=1S/C19H27N7/c1-12-15(13(2)26-25-12)6-10-22-19-16-5-9-21-11-17(16)23-18(24-19)14-3-7-20-8-4-14/h3-4,7-8,12-13,15,21,25-26H,5-6,9-11H2,1-2H3,(H,22,23,24). The molecule has 0 bridgehead atoms. The lowest BCUT2D eigenvalue weighted by Crippen LogP contribution is -2.30. The summed E-state index contributed by atoms with van der Waals surface area (Å²) in [4.78, 5) is 13.7. The molecule has 2 aromatic heterocycles. The van der Waals surface area contributed by atoms with E-state index < -0.39 is 0 Å². The number of rotatable bonds is 5. The summed E-state index contributed by atoms with van der Waals surface area (Å²) in [7, 11) is 0. The zero-order valence-corrected chi connectivity index (χ0v) is 15.4. The Hall–Kier alpha value is -2.09. The third-order valence-corrected chi connectivity index (χ3v) is 5.47. The predicted octanol–water partition coefficient (Wildman–Crippen LogP) is 1.49. The largest absolute Gasteiger partial charge is 0.370 e. The average Bonchev–Trinajstić information content (AvgIpc) is 3.00. The second-order valence-corrected chi connectivity index (χ2v) is 7.23. The van der Waals surface area contributed by atoms with Crippen LogP contribution in [-0.2, 0) is 13.0 Å². The molecule has 1 fully saturated rings. The Labute approximate surface area is 154 Å². The van der Waals surface area contributed by atoms with E-state index in [4.69, 9.17) is 9.97 Å². The van der Waals surface area contributed by atoms with Crippen LogP contribution < -0.4 is 21.5 Å². The SMILES string of the molecule is CC1NNC(C)C1CCNc1nc(-c2ccncc2)nc2c1CCNC2. The van der Waals surface area contributed by atoms with E-state index in [9.17, 15) is 0 Å².